The first-order valence-corrected chi connectivity index (χ1v) is 3.54. The lowest BCUT2D eigenvalue weighted by Gasteiger charge is -2.08. The van der Waals surface area contributed by atoms with Gasteiger partial charge in [-0.25, -0.2) is 4.39 Å². The Bertz CT molecular complexity index is 331. The Morgan fingerprint density at radius 1 is 1.43 bits per heavy atom. The van der Waals surface area contributed by atoms with Gasteiger partial charge in [0.05, 0.1) is 5.69 Å². The smallest absolute Gasteiger partial charge is 0.396 e. The molecule has 0 saturated heterocycles. The van der Waals surface area contributed by atoms with Gasteiger partial charge >= 0.3 is 6.36 Å². The van der Waals surface area contributed by atoms with E-state index in [0.717, 1.165) is 0 Å². The molecule has 0 unspecified atom stereocenters. The zero-order valence-electron chi connectivity index (χ0n) is 6.40. The van der Waals surface area contributed by atoms with E-state index in [0.29, 0.717) is 6.07 Å². The maximum atomic E-state index is 12.7. The predicted octanol–water partition coefficient (Wildman–Crippen LogP) is 2.35. The van der Waals surface area contributed by atoms with Gasteiger partial charge in [0.25, 0.3) is 0 Å². The van der Waals surface area contributed by atoms with Crippen molar-refractivity contribution < 1.29 is 22.3 Å². The summed E-state index contributed by atoms with van der Waals surface area (Å²) in [5, 5.41) is -0.774. The highest BCUT2D eigenvalue weighted by Crippen LogP contribution is 2.27. The molecule has 14 heavy (non-hydrogen) atoms. The molecule has 0 amide bonds. The summed E-state index contributed by atoms with van der Waals surface area (Å²) in [5.74, 6) is -1.98. The lowest BCUT2D eigenvalue weighted by Crippen LogP contribution is -2.18. The predicted molar refractivity (Wildman–Crippen MR) is 40.3 cm³/mol. The highest BCUT2D eigenvalue weighted by Gasteiger charge is 2.32. The Morgan fingerprint density at radius 3 is 2.43 bits per heavy atom. The molecule has 0 atom stereocenters. The lowest BCUT2D eigenvalue weighted by atomic mass is 10.4. The minimum atomic E-state index is -4.92. The number of ether oxygens (including phenoxy) is 1. The van der Waals surface area contributed by atoms with Gasteiger partial charge in [-0.15, -0.1) is 13.2 Å². The van der Waals surface area contributed by atoms with E-state index >= 15 is 0 Å². The molecule has 0 fully saturated rings. The second kappa shape index (κ2) is 3.49. The van der Waals surface area contributed by atoms with E-state index in [9.17, 15) is 17.6 Å². The maximum absolute atomic E-state index is 12.7. The Morgan fingerprint density at radius 2 is 2.00 bits per heavy atom. The van der Waals surface area contributed by atoms with E-state index < -0.39 is 28.9 Å². The third-order valence-corrected chi connectivity index (χ3v) is 1.39. The molecule has 1 aromatic rings. The summed E-state index contributed by atoms with van der Waals surface area (Å²) in [7, 11) is 0. The first-order chi connectivity index (χ1) is 6.29. The van der Waals surface area contributed by atoms with Gasteiger partial charge in [0.15, 0.2) is 11.0 Å². The number of nitrogens with zero attached hydrogens (tertiary/aromatic N) is 1. The van der Waals surface area contributed by atoms with Crippen LogP contribution in [0.2, 0.25) is 5.15 Å². The van der Waals surface area contributed by atoms with Crippen molar-refractivity contribution in [1.29, 1.82) is 0 Å². The van der Waals surface area contributed by atoms with Crippen LogP contribution in [-0.4, -0.2) is 11.3 Å². The van der Waals surface area contributed by atoms with Gasteiger partial charge in [-0.05, 0) is 0 Å². The third kappa shape index (κ3) is 2.63. The molecular weight excluding hydrogens is 228 g/mol. The highest BCUT2D eigenvalue weighted by molar-refractivity contribution is 6.29. The Balaban J connectivity index is 3.02. The number of alkyl halides is 3. The van der Waals surface area contributed by atoms with E-state index in [1.807, 2.05) is 0 Å². The van der Waals surface area contributed by atoms with Crippen molar-refractivity contribution >= 4 is 17.3 Å². The van der Waals surface area contributed by atoms with Crippen molar-refractivity contribution in [3.05, 3.63) is 17.0 Å². The number of nitrogens with two attached hydrogens (primary N) is 1. The highest BCUT2D eigenvalue weighted by atomic mass is 35.5. The second-order valence-corrected chi connectivity index (χ2v) is 2.56. The molecule has 0 spiro atoms. The van der Waals surface area contributed by atoms with Gasteiger partial charge in [0.1, 0.15) is 0 Å². The van der Waals surface area contributed by atoms with Crippen molar-refractivity contribution in [3.8, 4) is 5.88 Å². The van der Waals surface area contributed by atoms with E-state index in [-0.39, 0.29) is 0 Å². The van der Waals surface area contributed by atoms with Crippen molar-refractivity contribution in [2.24, 2.45) is 0 Å². The van der Waals surface area contributed by atoms with Gasteiger partial charge in [0, 0.05) is 6.07 Å². The minimum Gasteiger partial charge on any atom is -0.396 e. The van der Waals surface area contributed by atoms with Gasteiger partial charge in [-0.2, -0.15) is 4.98 Å². The molecule has 78 valence electrons. The molecule has 1 rings (SSSR count). The summed E-state index contributed by atoms with van der Waals surface area (Å²) in [6.45, 7) is 0. The standard InChI is InChI=1S/C6H3ClF4N2O/c7-5-4(8)2(12)1-3(13-5)14-6(9,10)11/h1H,(H2,12,13). The molecule has 1 aromatic heterocycles. The molecule has 0 aliphatic heterocycles. The fourth-order valence-electron chi connectivity index (χ4n) is 0.664. The fourth-order valence-corrected chi connectivity index (χ4v) is 0.857. The van der Waals surface area contributed by atoms with Crippen molar-refractivity contribution in [1.82, 2.24) is 4.98 Å². The molecule has 0 aromatic carbocycles. The van der Waals surface area contributed by atoms with Gasteiger partial charge in [-0.1, -0.05) is 11.6 Å². The summed E-state index contributed by atoms with van der Waals surface area (Å²) >= 11 is 5.13. The van der Waals surface area contributed by atoms with Crippen LogP contribution in [0.25, 0.3) is 0 Å². The molecule has 0 radical (unpaired) electrons. The molecule has 3 nitrogen and oxygen atoms in total. The number of hydrogen-bond donors (Lipinski definition) is 1. The van der Waals surface area contributed by atoms with E-state index in [2.05, 4.69) is 9.72 Å². The van der Waals surface area contributed by atoms with E-state index in [1.54, 1.807) is 0 Å². The maximum Gasteiger partial charge on any atom is 0.574 e. The van der Waals surface area contributed by atoms with Crippen molar-refractivity contribution in [2.75, 3.05) is 5.73 Å². The van der Waals surface area contributed by atoms with E-state index in [4.69, 9.17) is 17.3 Å². The normalized spacial score (nSPS) is 11.5. The lowest BCUT2D eigenvalue weighted by molar-refractivity contribution is -0.276. The summed E-state index contributed by atoms with van der Waals surface area (Å²) < 4.78 is 51.1. The quantitative estimate of drug-likeness (QED) is 0.595. The van der Waals surface area contributed by atoms with Crippen LogP contribution in [0.4, 0.5) is 23.2 Å². The van der Waals surface area contributed by atoms with Crippen LogP contribution < -0.4 is 10.5 Å². The zero-order chi connectivity index (χ0) is 10.9. The molecule has 0 bridgehead atoms. The molecule has 0 aliphatic rings. The Hall–Kier alpha value is -1.24. The van der Waals surface area contributed by atoms with Crippen molar-refractivity contribution in [3.63, 3.8) is 0 Å². The van der Waals surface area contributed by atoms with Crippen LogP contribution in [0.15, 0.2) is 6.07 Å². The Kier molecular flexibility index (Phi) is 2.70. The SMILES string of the molecule is Nc1cc(OC(F)(F)F)nc(Cl)c1F. The molecule has 0 saturated carbocycles. The van der Waals surface area contributed by atoms with Crippen LogP contribution in [0.5, 0.6) is 5.88 Å². The van der Waals surface area contributed by atoms with Crippen LogP contribution in [-0.2, 0) is 0 Å². The first-order valence-electron chi connectivity index (χ1n) is 3.17. The average molecular weight is 231 g/mol. The molecule has 0 aliphatic carbocycles. The second-order valence-electron chi connectivity index (χ2n) is 2.20. The number of nitrogen functional groups attached to an aromatic ring is 1. The third-order valence-electron chi connectivity index (χ3n) is 1.14. The number of halogens is 5. The summed E-state index contributed by atoms with van der Waals surface area (Å²) in [6.07, 6.45) is -4.92. The molecule has 8 heteroatoms. The molecular formula is C6H3ClF4N2O. The fraction of sp³-hybridized carbons (Fsp3) is 0.167. The topological polar surface area (TPSA) is 48.1 Å². The van der Waals surface area contributed by atoms with Crippen LogP contribution in [0, 0.1) is 5.82 Å². The summed E-state index contributed by atoms with van der Waals surface area (Å²) in [4.78, 5) is 2.99. The number of pyridine rings is 1. The first kappa shape index (κ1) is 10.8. The molecule has 2 N–H and O–H groups in total. The number of hydrogen-bond acceptors (Lipinski definition) is 3. The monoisotopic (exact) mass is 230 g/mol. The Labute approximate surface area is 80.4 Å². The van der Waals surface area contributed by atoms with Crippen LogP contribution >= 0.6 is 11.6 Å². The van der Waals surface area contributed by atoms with Gasteiger partial charge in [0.2, 0.25) is 5.88 Å². The largest absolute Gasteiger partial charge is 0.574 e. The minimum absolute atomic E-state index is 0.566. The van der Waals surface area contributed by atoms with Crippen LogP contribution in [0.3, 0.4) is 0 Å². The zero-order valence-corrected chi connectivity index (χ0v) is 7.16. The molecule has 1 heterocycles. The number of aromatic nitrogens is 1. The average Bonchev–Trinajstić information content (AvgIpc) is 1.96. The van der Waals surface area contributed by atoms with E-state index in [1.165, 1.54) is 0 Å². The van der Waals surface area contributed by atoms with Gasteiger partial charge in [-0.3, -0.25) is 0 Å². The number of anilines is 1. The van der Waals surface area contributed by atoms with Gasteiger partial charge < -0.3 is 10.5 Å². The van der Waals surface area contributed by atoms with Crippen LogP contribution in [0.1, 0.15) is 0 Å². The summed E-state index contributed by atoms with van der Waals surface area (Å²) in [6, 6.07) is 0.592. The number of rotatable bonds is 1. The van der Waals surface area contributed by atoms with Crippen molar-refractivity contribution in [2.45, 2.75) is 6.36 Å². The summed E-state index contributed by atoms with van der Waals surface area (Å²) in [5.41, 5.74) is 4.43.